The number of anilines is 1. The van der Waals surface area contributed by atoms with Gasteiger partial charge in [-0.05, 0) is 31.4 Å². The maximum absolute atomic E-state index is 11.1. The van der Waals surface area contributed by atoms with Crippen molar-refractivity contribution in [3.8, 4) is 0 Å². The Morgan fingerprint density at radius 3 is 2.74 bits per heavy atom. The van der Waals surface area contributed by atoms with Gasteiger partial charge < -0.3 is 16.2 Å². The minimum atomic E-state index is -0.795. The fourth-order valence-electron chi connectivity index (χ4n) is 1.65. The molecule has 19 heavy (non-hydrogen) atoms. The van der Waals surface area contributed by atoms with Crippen molar-refractivity contribution >= 4 is 17.7 Å². The first kappa shape index (κ1) is 14.9. The van der Waals surface area contributed by atoms with Gasteiger partial charge >= 0.3 is 5.97 Å². The molecule has 0 radical (unpaired) electrons. The number of carboxylic acids is 1. The predicted molar refractivity (Wildman–Crippen MR) is 72.0 cm³/mol. The van der Waals surface area contributed by atoms with Crippen LogP contribution in [0.2, 0.25) is 0 Å². The lowest BCUT2D eigenvalue weighted by Gasteiger charge is -2.13. The molecule has 0 aliphatic carbocycles. The molecule has 0 saturated carbocycles. The van der Waals surface area contributed by atoms with Crippen LogP contribution in [0.1, 0.15) is 35.8 Å². The zero-order valence-corrected chi connectivity index (χ0v) is 11.1. The second kappa shape index (κ2) is 6.72. The van der Waals surface area contributed by atoms with Gasteiger partial charge in [-0.25, -0.2) is 4.98 Å². The quantitative estimate of drug-likeness (QED) is 0.691. The summed E-state index contributed by atoms with van der Waals surface area (Å²) in [6.45, 7) is 4.34. The molecule has 0 spiro atoms. The summed E-state index contributed by atoms with van der Waals surface area (Å²) >= 11 is 0. The van der Waals surface area contributed by atoms with Crippen molar-refractivity contribution in [3.63, 3.8) is 0 Å². The van der Waals surface area contributed by atoms with Gasteiger partial charge in [-0.15, -0.1) is 0 Å². The van der Waals surface area contributed by atoms with Crippen molar-refractivity contribution in [2.24, 2.45) is 11.7 Å². The first-order valence-electron chi connectivity index (χ1n) is 6.12. The Bertz CT molecular complexity index is 474. The number of rotatable bonds is 7. The van der Waals surface area contributed by atoms with Gasteiger partial charge in [-0.1, -0.05) is 6.92 Å². The summed E-state index contributed by atoms with van der Waals surface area (Å²) < 4.78 is 0. The fraction of sp³-hybridized carbons (Fsp3) is 0.462. The zero-order valence-electron chi connectivity index (χ0n) is 11.1. The summed E-state index contributed by atoms with van der Waals surface area (Å²) in [5, 5.41) is 11.7. The average Bonchev–Trinajstić information content (AvgIpc) is 2.33. The number of nitrogens with two attached hydrogens (primary N) is 1. The van der Waals surface area contributed by atoms with Gasteiger partial charge in [0.15, 0.2) is 0 Å². The number of carbonyl (C=O) groups is 2. The second-order valence-electron chi connectivity index (χ2n) is 4.67. The number of carboxylic acid groups (broad SMARTS) is 1. The van der Waals surface area contributed by atoms with Crippen LogP contribution < -0.4 is 11.1 Å². The third-order valence-electron chi connectivity index (χ3n) is 2.72. The number of pyridine rings is 1. The van der Waals surface area contributed by atoms with E-state index in [0.717, 1.165) is 0 Å². The van der Waals surface area contributed by atoms with Crippen molar-refractivity contribution in [1.82, 2.24) is 4.98 Å². The van der Waals surface area contributed by atoms with Crippen molar-refractivity contribution < 1.29 is 14.7 Å². The molecule has 6 nitrogen and oxygen atoms in total. The molecule has 4 N–H and O–H groups in total. The minimum Gasteiger partial charge on any atom is -0.481 e. The lowest BCUT2D eigenvalue weighted by Crippen LogP contribution is -2.16. The molecular weight excluding hydrogens is 246 g/mol. The van der Waals surface area contributed by atoms with E-state index in [9.17, 15) is 9.59 Å². The standard InChI is InChI=1S/C13H19N3O3/c1-8(3-4-12(17)18)7-15-11-6-10(13(14)19)5-9(2)16-11/h5-6,8H,3-4,7H2,1-2H3,(H2,14,19)(H,15,16)(H,17,18). The van der Waals surface area contributed by atoms with Gasteiger partial charge in [0, 0.05) is 24.2 Å². The molecule has 1 atom stereocenters. The molecule has 1 amide bonds. The van der Waals surface area contributed by atoms with Crippen LogP contribution in [0.3, 0.4) is 0 Å². The lowest BCUT2D eigenvalue weighted by molar-refractivity contribution is -0.137. The van der Waals surface area contributed by atoms with Crippen LogP contribution in [0, 0.1) is 12.8 Å². The van der Waals surface area contributed by atoms with Gasteiger partial charge in [0.2, 0.25) is 5.91 Å². The summed E-state index contributed by atoms with van der Waals surface area (Å²) in [5.74, 6) is -0.504. The van der Waals surface area contributed by atoms with Crippen LogP contribution in [0.25, 0.3) is 0 Å². The number of nitrogens with one attached hydrogen (secondary N) is 1. The number of nitrogens with zero attached hydrogens (tertiary/aromatic N) is 1. The summed E-state index contributed by atoms with van der Waals surface area (Å²) in [5.41, 5.74) is 6.34. The predicted octanol–water partition coefficient (Wildman–Crippen LogP) is 1.40. The number of hydrogen-bond acceptors (Lipinski definition) is 4. The number of aliphatic carboxylic acids is 1. The molecule has 1 unspecified atom stereocenters. The van der Waals surface area contributed by atoms with Gasteiger partial charge in [0.05, 0.1) is 0 Å². The number of aromatic nitrogens is 1. The maximum Gasteiger partial charge on any atom is 0.303 e. The van der Waals surface area contributed by atoms with Gasteiger partial charge in [0.1, 0.15) is 5.82 Å². The topological polar surface area (TPSA) is 105 Å². The Balaban J connectivity index is 2.57. The molecule has 0 saturated heterocycles. The van der Waals surface area contributed by atoms with Gasteiger partial charge in [-0.2, -0.15) is 0 Å². The first-order valence-corrected chi connectivity index (χ1v) is 6.12. The van der Waals surface area contributed by atoms with Gasteiger partial charge in [0.25, 0.3) is 0 Å². The molecule has 1 heterocycles. The van der Waals surface area contributed by atoms with E-state index in [2.05, 4.69) is 10.3 Å². The van der Waals surface area contributed by atoms with E-state index < -0.39 is 11.9 Å². The van der Waals surface area contributed by atoms with E-state index in [4.69, 9.17) is 10.8 Å². The molecule has 0 aliphatic rings. The van der Waals surface area contributed by atoms with Crippen LogP contribution in [0.4, 0.5) is 5.82 Å². The molecule has 0 fully saturated rings. The van der Waals surface area contributed by atoms with E-state index in [0.29, 0.717) is 30.0 Å². The number of aryl methyl sites for hydroxylation is 1. The highest BCUT2D eigenvalue weighted by atomic mass is 16.4. The van der Waals surface area contributed by atoms with Crippen LogP contribution in [-0.4, -0.2) is 28.5 Å². The molecule has 1 aromatic rings. The summed E-state index contributed by atoms with van der Waals surface area (Å²) in [4.78, 5) is 25.8. The Labute approximate surface area is 112 Å². The molecule has 0 aliphatic heterocycles. The van der Waals surface area contributed by atoms with Crippen molar-refractivity contribution in [1.29, 1.82) is 0 Å². The minimum absolute atomic E-state index is 0.149. The van der Waals surface area contributed by atoms with Crippen LogP contribution >= 0.6 is 0 Å². The lowest BCUT2D eigenvalue weighted by atomic mass is 10.1. The van der Waals surface area contributed by atoms with Crippen LogP contribution in [0.15, 0.2) is 12.1 Å². The highest BCUT2D eigenvalue weighted by Gasteiger charge is 2.08. The molecular formula is C13H19N3O3. The number of amides is 1. The zero-order chi connectivity index (χ0) is 14.4. The van der Waals surface area contributed by atoms with E-state index in [-0.39, 0.29) is 12.3 Å². The molecule has 1 aromatic heterocycles. The SMILES string of the molecule is Cc1cc(C(N)=O)cc(NCC(C)CCC(=O)O)n1. The van der Waals surface area contributed by atoms with E-state index in [1.165, 1.54) is 0 Å². The van der Waals surface area contributed by atoms with Crippen LogP contribution in [-0.2, 0) is 4.79 Å². The van der Waals surface area contributed by atoms with Crippen molar-refractivity contribution in [2.45, 2.75) is 26.7 Å². The fourth-order valence-corrected chi connectivity index (χ4v) is 1.65. The number of carbonyl (C=O) groups excluding carboxylic acids is 1. The second-order valence-corrected chi connectivity index (χ2v) is 4.67. The first-order chi connectivity index (χ1) is 8.88. The summed E-state index contributed by atoms with van der Waals surface area (Å²) in [6.07, 6.45) is 0.744. The Hall–Kier alpha value is -2.11. The van der Waals surface area contributed by atoms with Crippen molar-refractivity contribution in [2.75, 3.05) is 11.9 Å². The highest BCUT2D eigenvalue weighted by Crippen LogP contribution is 2.12. The molecule has 1 rings (SSSR count). The van der Waals surface area contributed by atoms with E-state index >= 15 is 0 Å². The largest absolute Gasteiger partial charge is 0.481 e. The Morgan fingerprint density at radius 1 is 1.47 bits per heavy atom. The molecule has 6 heteroatoms. The summed E-state index contributed by atoms with van der Waals surface area (Å²) in [7, 11) is 0. The molecule has 0 bridgehead atoms. The van der Waals surface area contributed by atoms with Gasteiger partial charge in [-0.3, -0.25) is 9.59 Å². The monoisotopic (exact) mass is 265 g/mol. The Morgan fingerprint density at radius 2 is 2.16 bits per heavy atom. The van der Waals surface area contributed by atoms with E-state index in [1.807, 2.05) is 6.92 Å². The van der Waals surface area contributed by atoms with Crippen molar-refractivity contribution in [3.05, 3.63) is 23.4 Å². The smallest absolute Gasteiger partial charge is 0.303 e. The molecule has 0 aromatic carbocycles. The maximum atomic E-state index is 11.1. The third kappa shape index (κ3) is 5.37. The molecule has 104 valence electrons. The third-order valence-corrected chi connectivity index (χ3v) is 2.72. The number of hydrogen-bond donors (Lipinski definition) is 3. The average molecular weight is 265 g/mol. The summed E-state index contributed by atoms with van der Waals surface area (Å²) in [6, 6.07) is 3.22. The van der Waals surface area contributed by atoms with Crippen LogP contribution in [0.5, 0.6) is 0 Å². The Kier molecular flexibility index (Phi) is 5.29. The number of primary amides is 1. The van der Waals surface area contributed by atoms with E-state index in [1.54, 1.807) is 19.1 Å². The normalized spacial score (nSPS) is 11.9. The highest BCUT2D eigenvalue weighted by molar-refractivity contribution is 5.93.